The van der Waals surface area contributed by atoms with Gasteiger partial charge >= 0.3 is 6.85 Å². The Balaban J connectivity index is 1.16. The Morgan fingerprint density at radius 1 is 0.500 bits per heavy atom. The van der Waals surface area contributed by atoms with Gasteiger partial charge < -0.3 is 9.38 Å². The Labute approximate surface area is 432 Å². The van der Waals surface area contributed by atoms with Crippen LogP contribution in [0.3, 0.4) is 0 Å². The van der Waals surface area contributed by atoms with E-state index in [1.165, 1.54) is 153 Å². The van der Waals surface area contributed by atoms with Crippen LogP contribution in [0.5, 0.6) is 0 Å². The Morgan fingerprint density at radius 3 is 1.83 bits per heavy atom. The van der Waals surface area contributed by atoms with Gasteiger partial charge in [-0.05, 0) is 156 Å². The largest absolute Gasteiger partial charge is 0.376 e. The first-order chi connectivity index (χ1) is 34.2. The minimum absolute atomic E-state index is 0.0103. The molecule has 11 aromatic rings. The van der Waals surface area contributed by atoms with Gasteiger partial charge in [0.05, 0.1) is 11.0 Å². The highest BCUT2D eigenvalue weighted by Crippen LogP contribution is 2.59. The van der Waals surface area contributed by atoms with Gasteiger partial charge in [-0.15, -0.1) is 22.7 Å². The van der Waals surface area contributed by atoms with E-state index < -0.39 is 0 Å². The molecule has 0 spiro atoms. The molecule has 5 heterocycles. The van der Waals surface area contributed by atoms with E-state index in [-0.39, 0.29) is 33.9 Å². The van der Waals surface area contributed by atoms with Gasteiger partial charge in [-0.3, -0.25) is 0 Å². The molecule has 354 valence electrons. The number of hydrogen-bond donors (Lipinski definition) is 0. The molecule has 5 heteroatoms. The molecule has 4 aliphatic rings. The lowest BCUT2D eigenvalue weighted by Gasteiger charge is -2.43. The number of nitrogens with zero attached hydrogens (tertiary/aromatic N) is 2. The van der Waals surface area contributed by atoms with E-state index in [0.717, 1.165) is 0 Å². The molecule has 0 atom stereocenters. The molecule has 0 amide bonds. The molecule has 0 unspecified atom stereocenters. The SMILES string of the molecule is CC(C)(C)c1ccc(N2B3c4cc5c(cc4-n4c6ccc(C(C)(C)C)cc6c6c7sc8ccccc8c7c(c3c64)-c3cc4c(cc32)C(C)(C)c2cc3c(cc2-4)C(C)(C)CCC3(C)C)sc2ccccc25)cc1. The van der Waals surface area contributed by atoms with Crippen LogP contribution in [0.1, 0.15) is 129 Å². The fraction of sp³-hybridized carbons (Fsp3) is 0.284. The first-order valence-corrected chi connectivity index (χ1v) is 28.0. The van der Waals surface area contributed by atoms with Gasteiger partial charge in [0.15, 0.2) is 0 Å². The molecule has 0 saturated carbocycles. The van der Waals surface area contributed by atoms with Gasteiger partial charge in [-0.25, -0.2) is 0 Å². The molecule has 0 N–H and O–H groups in total. The van der Waals surface area contributed by atoms with Crippen LogP contribution in [0.25, 0.3) is 90.1 Å². The highest BCUT2D eigenvalue weighted by atomic mass is 32.1. The van der Waals surface area contributed by atoms with Crippen molar-refractivity contribution in [2.24, 2.45) is 0 Å². The molecular weight excluding hydrogens is 908 g/mol. The summed E-state index contributed by atoms with van der Waals surface area (Å²) in [4.78, 5) is 2.79. The number of thiophene rings is 2. The third-order valence-electron chi connectivity index (χ3n) is 18.3. The molecule has 0 radical (unpaired) electrons. The Morgan fingerprint density at radius 2 is 1.12 bits per heavy atom. The number of aromatic nitrogens is 1. The topological polar surface area (TPSA) is 8.17 Å². The zero-order chi connectivity index (χ0) is 49.5. The summed E-state index contributed by atoms with van der Waals surface area (Å²) in [6.07, 6.45) is 2.40. The van der Waals surface area contributed by atoms with Crippen LogP contribution in [-0.4, -0.2) is 11.4 Å². The molecule has 3 aromatic heterocycles. The zero-order valence-corrected chi connectivity index (χ0v) is 45.5. The minimum Gasteiger partial charge on any atom is -0.376 e. The van der Waals surface area contributed by atoms with Crippen LogP contribution >= 0.6 is 22.7 Å². The molecule has 8 aromatic carbocycles. The van der Waals surface area contributed by atoms with Crippen molar-refractivity contribution in [1.82, 2.24) is 4.57 Å². The van der Waals surface area contributed by atoms with Crippen molar-refractivity contribution in [3.8, 4) is 27.9 Å². The molecule has 2 nitrogen and oxygen atoms in total. The standard InChI is InChI=1S/C67H61BN2S2/c1-63(2,3)36-21-24-38(25-22-36)70-52-34-47-41(42-31-48-49(33-46(42)67(47,11)12)66(9,10)28-27-65(48,7)8)30-45(52)57-58-40-18-14-16-20-55(40)72-62(58)59-44-29-37(64(4,5)6)23-26-51(44)69-53-35-56-43(39-17-13-15-19-54(39)71-56)32-50(53)68(70)60(57)61(59)69/h13-26,29-35H,27-28H2,1-12H3. The van der Waals surface area contributed by atoms with E-state index in [4.69, 9.17) is 0 Å². The number of rotatable bonds is 1. The first-order valence-electron chi connectivity index (χ1n) is 26.4. The summed E-state index contributed by atoms with van der Waals surface area (Å²) in [6.45, 7) is 28.9. The average Bonchev–Trinajstić information content (AvgIpc) is 4.07. The lowest BCUT2D eigenvalue weighted by Crippen LogP contribution is -2.60. The lowest BCUT2D eigenvalue weighted by molar-refractivity contribution is 0.331. The van der Waals surface area contributed by atoms with Crippen LogP contribution in [0.2, 0.25) is 0 Å². The molecule has 15 rings (SSSR count). The van der Waals surface area contributed by atoms with Gasteiger partial charge in [0.25, 0.3) is 0 Å². The van der Waals surface area contributed by atoms with Crippen molar-refractivity contribution in [2.45, 2.75) is 123 Å². The number of hydrogen-bond acceptors (Lipinski definition) is 3. The van der Waals surface area contributed by atoms with E-state index in [1.54, 1.807) is 5.56 Å². The van der Waals surface area contributed by atoms with Crippen LogP contribution in [0, 0.1) is 0 Å². The van der Waals surface area contributed by atoms with E-state index in [1.807, 2.05) is 22.7 Å². The molecule has 2 aliphatic heterocycles. The van der Waals surface area contributed by atoms with E-state index in [2.05, 4.69) is 220 Å². The van der Waals surface area contributed by atoms with Crippen molar-refractivity contribution >= 4 is 114 Å². The van der Waals surface area contributed by atoms with Gasteiger partial charge in [0.1, 0.15) is 0 Å². The molecule has 72 heavy (non-hydrogen) atoms. The average molecular weight is 969 g/mol. The summed E-state index contributed by atoms with van der Waals surface area (Å²) < 4.78 is 8.14. The van der Waals surface area contributed by atoms with Crippen LogP contribution in [-0.2, 0) is 27.1 Å². The predicted molar refractivity (Wildman–Crippen MR) is 316 cm³/mol. The van der Waals surface area contributed by atoms with Crippen LogP contribution < -0.4 is 15.7 Å². The van der Waals surface area contributed by atoms with E-state index in [0.29, 0.717) is 0 Å². The second kappa shape index (κ2) is 13.7. The Hall–Kier alpha value is -6.14. The molecule has 0 saturated heterocycles. The van der Waals surface area contributed by atoms with Gasteiger partial charge in [-0.2, -0.15) is 0 Å². The Kier molecular flexibility index (Phi) is 8.28. The van der Waals surface area contributed by atoms with Crippen molar-refractivity contribution in [1.29, 1.82) is 0 Å². The van der Waals surface area contributed by atoms with Crippen molar-refractivity contribution in [3.63, 3.8) is 0 Å². The second-order valence-corrected chi connectivity index (χ2v) is 28.1. The summed E-state index contributed by atoms with van der Waals surface area (Å²) in [5, 5.41) is 8.20. The maximum Gasteiger partial charge on any atom is 0.333 e. The van der Waals surface area contributed by atoms with E-state index in [9.17, 15) is 0 Å². The fourth-order valence-corrected chi connectivity index (χ4v) is 16.5. The van der Waals surface area contributed by atoms with Crippen molar-refractivity contribution in [2.75, 3.05) is 4.81 Å². The first kappa shape index (κ1) is 43.4. The number of anilines is 2. The lowest BCUT2D eigenvalue weighted by atomic mass is 9.43. The molecule has 2 aliphatic carbocycles. The molecule has 0 fully saturated rings. The highest BCUT2D eigenvalue weighted by molar-refractivity contribution is 7.27. The predicted octanol–water partition coefficient (Wildman–Crippen LogP) is 18.0. The van der Waals surface area contributed by atoms with Gasteiger partial charge in [0.2, 0.25) is 0 Å². The Bertz CT molecular complexity index is 4270. The normalized spacial score (nSPS) is 17.1. The number of fused-ring (bicyclic) bond motifs is 20. The highest BCUT2D eigenvalue weighted by Gasteiger charge is 2.49. The van der Waals surface area contributed by atoms with Crippen molar-refractivity contribution in [3.05, 3.63) is 161 Å². The third kappa shape index (κ3) is 5.52. The summed E-state index contributed by atoms with van der Waals surface area (Å²) in [5.41, 5.74) is 23.6. The third-order valence-corrected chi connectivity index (χ3v) is 20.6. The second-order valence-electron chi connectivity index (χ2n) is 26.0. The molecular formula is C67H61BN2S2. The summed E-state index contributed by atoms with van der Waals surface area (Å²) in [5.74, 6) is 0. The zero-order valence-electron chi connectivity index (χ0n) is 43.8. The quantitative estimate of drug-likeness (QED) is 0.149. The summed E-state index contributed by atoms with van der Waals surface area (Å²) in [6, 6.07) is 51.3. The minimum atomic E-state index is -0.202. The van der Waals surface area contributed by atoms with Crippen LogP contribution in [0.15, 0.2) is 127 Å². The maximum atomic E-state index is 2.79. The van der Waals surface area contributed by atoms with Crippen molar-refractivity contribution < 1.29 is 0 Å². The monoisotopic (exact) mass is 968 g/mol. The fourth-order valence-electron chi connectivity index (χ4n) is 14.2. The van der Waals surface area contributed by atoms with Crippen LogP contribution in [0.4, 0.5) is 11.4 Å². The summed E-state index contributed by atoms with van der Waals surface area (Å²) >= 11 is 3.93. The maximum absolute atomic E-state index is 2.79. The van der Waals surface area contributed by atoms with Gasteiger partial charge in [-0.1, -0.05) is 150 Å². The van der Waals surface area contributed by atoms with E-state index >= 15 is 0 Å². The number of benzene rings is 8. The smallest absolute Gasteiger partial charge is 0.333 e. The molecule has 0 bridgehead atoms. The summed E-state index contributed by atoms with van der Waals surface area (Å²) in [7, 11) is 0. The van der Waals surface area contributed by atoms with Gasteiger partial charge in [0, 0.05) is 79.2 Å².